The van der Waals surface area contributed by atoms with Crippen LogP contribution in [0.3, 0.4) is 0 Å². The van der Waals surface area contributed by atoms with Crippen molar-refractivity contribution in [2.24, 2.45) is 0 Å². The molecule has 0 radical (unpaired) electrons. The van der Waals surface area contributed by atoms with E-state index in [1.807, 2.05) is 0 Å². The quantitative estimate of drug-likeness (QED) is 0.348. The summed E-state index contributed by atoms with van der Waals surface area (Å²) in [6, 6.07) is 0. The molecule has 0 heterocycles. The van der Waals surface area contributed by atoms with Crippen LogP contribution in [0.2, 0.25) is 0 Å². The van der Waals surface area contributed by atoms with Gasteiger partial charge in [0, 0.05) is 0 Å². The second-order valence-corrected chi connectivity index (χ2v) is 3.25. The summed E-state index contributed by atoms with van der Waals surface area (Å²) in [5, 5.41) is 11.0. The minimum Gasteiger partial charge on any atom is -0.633 e. The van der Waals surface area contributed by atoms with Crippen molar-refractivity contribution in [2.45, 2.75) is 13.3 Å². The molecule has 0 aromatic rings. The van der Waals surface area contributed by atoms with Crippen molar-refractivity contribution in [1.82, 2.24) is 0 Å². The van der Waals surface area contributed by atoms with Crippen molar-refractivity contribution in [3.8, 4) is 0 Å². The molecule has 0 unspecified atom stereocenters. The van der Waals surface area contributed by atoms with Gasteiger partial charge >= 0.3 is 0 Å². The second-order valence-electron chi connectivity index (χ2n) is 3.25. The highest BCUT2D eigenvalue weighted by Crippen LogP contribution is 2.00. The van der Waals surface area contributed by atoms with Crippen LogP contribution in [0.25, 0.3) is 0 Å². The molecule has 0 fully saturated rings. The van der Waals surface area contributed by atoms with Crippen LogP contribution in [0.15, 0.2) is 12.2 Å². The number of carbonyl (C=O) groups is 1. The fourth-order valence-corrected chi connectivity index (χ4v) is 0.584. The van der Waals surface area contributed by atoms with E-state index in [0.717, 1.165) is 0 Å². The number of ketones is 1. The van der Waals surface area contributed by atoms with Gasteiger partial charge in [-0.1, -0.05) is 6.58 Å². The topological polar surface area (TPSA) is 40.1 Å². The van der Waals surface area contributed by atoms with Gasteiger partial charge in [0.05, 0.1) is 27.1 Å². The normalized spacial score (nSPS) is 11.3. The molecule has 0 N–H and O–H groups in total. The van der Waals surface area contributed by atoms with Gasteiger partial charge in [-0.3, -0.25) is 4.79 Å². The van der Waals surface area contributed by atoms with E-state index < -0.39 is 4.65 Å². The lowest BCUT2D eigenvalue weighted by Gasteiger charge is -2.33. The van der Waals surface area contributed by atoms with E-state index in [0.29, 0.717) is 18.5 Å². The maximum Gasteiger partial charge on any atom is 0.163 e. The van der Waals surface area contributed by atoms with Gasteiger partial charge in [-0.05, 0) is 12.5 Å². The minimum absolute atomic E-state index is 0.0212. The van der Waals surface area contributed by atoms with Crippen molar-refractivity contribution in [2.75, 3.05) is 20.6 Å². The zero-order valence-electron chi connectivity index (χ0n) is 7.39. The van der Waals surface area contributed by atoms with Crippen LogP contribution >= 0.6 is 0 Å². The van der Waals surface area contributed by atoms with Crippen LogP contribution in [0, 0.1) is 5.21 Å². The molecule has 0 saturated heterocycles. The predicted molar refractivity (Wildman–Crippen MR) is 44.8 cm³/mol. The minimum atomic E-state index is -0.418. The number of carbonyl (C=O) groups excluding carboxylic acids is 1. The van der Waals surface area contributed by atoms with E-state index in [2.05, 4.69) is 6.58 Å². The second kappa shape index (κ2) is 3.64. The van der Waals surface area contributed by atoms with Crippen LogP contribution in [0.4, 0.5) is 0 Å². The van der Waals surface area contributed by atoms with Gasteiger partial charge in [0.25, 0.3) is 0 Å². The number of hydrogen-bond donors (Lipinski definition) is 0. The van der Waals surface area contributed by atoms with Crippen molar-refractivity contribution < 1.29 is 9.44 Å². The molecule has 0 amide bonds. The maximum atomic E-state index is 11.0. The Morgan fingerprint density at radius 1 is 1.55 bits per heavy atom. The fraction of sp³-hybridized carbons (Fsp3) is 0.625. The highest BCUT2D eigenvalue weighted by molar-refractivity contribution is 5.94. The Labute approximate surface area is 67.5 Å². The lowest BCUT2D eigenvalue weighted by atomic mass is 10.1. The lowest BCUT2D eigenvalue weighted by molar-refractivity contribution is -0.839. The number of nitrogens with zero attached hydrogens (tertiary/aromatic N) is 1. The first-order chi connectivity index (χ1) is 4.83. The zero-order valence-corrected chi connectivity index (χ0v) is 7.39. The number of hydroxylamine groups is 3. The predicted octanol–water partition coefficient (Wildman–Crippen LogP) is 1.10. The van der Waals surface area contributed by atoms with Crippen LogP contribution in [0.1, 0.15) is 13.3 Å². The molecular weight excluding hydrogens is 142 g/mol. The molecular formula is C8H15NO2. The third kappa shape index (κ3) is 5.76. The van der Waals surface area contributed by atoms with Crippen molar-refractivity contribution in [3.63, 3.8) is 0 Å². The van der Waals surface area contributed by atoms with E-state index in [4.69, 9.17) is 0 Å². The molecule has 3 nitrogen and oxygen atoms in total. The van der Waals surface area contributed by atoms with Crippen LogP contribution < -0.4 is 0 Å². The first-order valence-corrected chi connectivity index (χ1v) is 3.55. The first-order valence-electron chi connectivity index (χ1n) is 3.55. The summed E-state index contributed by atoms with van der Waals surface area (Å²) >= 11 is 0. The molecule has 3 heteroatoms. The SMILES string of the molecule is C=C(C)C(=O)CC[N+](C)(C)[O-]. The summed E-state index contributed by atoms with van der Waals surface area (Å²) in [7, 11) is 3.04. The van der Waals surface area contributed by atoms with Gasteiger partial charge in [-0.25, -0.2) is 0 Å². The van der Waals surface area contributed by atoms with Gasteiger partial charge in [0.15, 0.2) is 5.78 Å². The summed E-state index contributed by atoms with van der Waals surface area (Å²) in [6.45, 7) is 5.48. The van der Waals surface area contributed by atoms with Gasteiger partial charge in [0.1, 0.15) is 0 Å². The number of rotatable bonds is 4. The summed E-state index contributed by atoms with van der Waals surface area (Å²) in [5.41, 5.74) is 0.526. The Morgan fingerprint density at radius 3 is 2.27 bits per heavy atom. The molecule has 0 saturated carbocycles. The average Bonchev–Trinajstić information content (AvgIpc) is 1.80. The summed E-state index contributed by atoms with van der Waals surface area (Å²) in [5.74, 6) is -0.0212. The monoisotopic (exact) mass is 157 g/mol. The Morgan fingerprint density at radius 2 is 2.00 bits per heavy atom. The van der Waals surface area contributed by atoms with Gasteiger partial charge in [-0.15, -0.1) is 0 Å². The highest BCUT2D eigenvalue weighted by Gasteiger charge is 2.07. The third-order valence-electron chi connectivity index (χ3n) is 1.35. The van der Waals surface area contributed by atoms with Crippen LogP contribution in [-0.2, 0) is 4.79 Å². The molecule has 0 rings (SSSR count). The molecule has 64 valence electrons. The largest absolute Gasteiger partial charge is 0.633 e. The Balaban J connectivity index is 3.73. The van der Waals surface area contributed by atoms with Crippen molar-refractivity contribution >= 4 is 5.78 Å². The van der Waals surface area contributed by atoms with E-state index >= 15 is 0 Å². The number of quaternary nitrogens is 1. The number of allylic oxidation sites excluding steroid dienone is 1. The highest BCUT2D eigenvalue weighted by atomic mass is 16.5. The van der Waals surface area contributed by atoms with Crippen molar-refractivity contribution in [3.05, 3.63) is 17.4 Å². The number of hydrogen-bond acceptors (Lipinski definition) is 2. The molecule has 11 heavy (non-hydrogen) atoms. The summed E-state index contributed by atoms with van der Waals surface area (Å²) < 4.78 is -0.418. The fourth-order valence-electron chi connectivity index (χ4n) is 0.584. The smallest absolute Gasteiger partial charge is 0.163 e. The van der Waals surface area contributed by atoms with E-state index in [1.54, 1.807) is 6.92 Å². The van der Waals surface area contributed by atoms with Gasteiger partial charge in [-0.2, -0.15) is 0 Å². The Kier molecular flexibility index (Phi) is 3.42. The molecule has 0 spiro atoms. The van der Waals surface area contributed by atoms with Gasteiger partial charge < -0.3 is 9.85 Å². The molecule has 0 aliphatic heterocycles. The van der Waals surface area contributed by atoms with E-state index in [9.17, 15) is 10.0 Å². The first kappa shape index (κ1) is 10.3. The number of Topliss-reactive ketones (excluding diaryl/α,β-unsaturated/α-hetero) is 1. The Bertz CT molecular complexity index is 167. The molecule has 0 aromatic heterocycles. The maximum absolute atomic E-state index is 11.0. The summed E-state index contributed by atoms with van der Waals surface area (Å²) in [4.78, 5) is 10.9. The van der Waals surface area contributed by atoms with Crippen LogP contribution in [-0.4, -0.2) is 31.1 Å². The molecule has 0 bridgehead atoms. The molecule has 0 aromatic carbocycles. The van der Waals surface area contributed by atoms with E-state index in [1.165, 1.54) is 14.1 Å². The standard InChI is InChI=1S/C8H15NO2/c1-7(2)8(10)5-6-9(3,4)11/h1,5-6H2,2-4H3. The van der Waals surface area contributed by atoms with Crippen molar-refractivity contribution in [1.29, 1.82) is 0 Å². The lowest BCUT2D eigenvalue weighted by Crippen LogP contribution is -2.34. The molecule has 0 atom stereocenters. The Hall–Kier alpha value is -0.670. The molecule has 0 aliphatic carbocycles. The average molecular weight is 157 g/mol. The van der Waals surface area contributed by atoms with Crippen LogP contribution in [0.5, 0.6) is 0 Å². The van der Waals surface area contributed by atoms with Gasteiger partial charge in [0.2, 0.25) is 0 Å². The third-order valence-corrected chi connectivity index (χ3v) is 1.35. The molecule has 0 aliphatic rings. The zero-order chi connectivity index (χ0) is 9.07. The summed E-state index contributed by atoms with van der Waals surface area (Å²) in [6.07, 6.45) is 0.297. The van der Waals surface area contributed by atoms with E-state index in [-0.39, 0.29) is 5.78 Å².